The first kappa shape index (κ1) is 12.1. The van der Waals surface area contributed by atoms with Crippen molar-refractivity contribution in [1.82, 2.24) is 15.2 Å². The van der Waals surface area contributed by atoms with Gasteiger partial charge < -0.3 is 10.2 Å². The van der Waals surface area contributed by atoms with Gasteiger partial charge in [0.2, 0.25) is 0 Å². The number of nitrogens with zero attached hydrogens (tertiary/aromatic N) is 2. The summed E-state index contributed by atoms with van der Waals surface area (Å²) in [5.41, 5.74) is 1.35. The van der Waals surface area contributed by atoms with Crippen molar-refractivity contribution < 1.29 is 0 Å². The largest absolute Gasteiger partial charge is 0.307 e. The second-order valence-electron chi connectivity index (χ2n) is 5.72. The van der Waals surface area contributed by atoms with Crippen LogP contribution in [-0.2, 0) is 0 Å². The molecule has 3 heterocycles. The molecule has 2 saturated heterocycles. The lowest BCUT2D eigenvalue weighted by Gasteiger charge is -2.36. The van der Waals surface area contributed by atoms with Gasteiger partial charge in [0.25, 0.3) is 0 Å². The summed E-state index contributed by atoms with van der Waals surface area (Å²) in [6, 6.07) is 6.20. The van der Waals surface area contributed by atoms with Gasteiger partial charge in [0.05, 0.1) is 0 Å². The summed E-state index contributed by atoms with van der Waals surface area (Å²) in [5.74, 6) is 0. The monoisotopic (exact) mass is 245 g/mol. The smallest absolute Gasteiger partial charge is 0.0295 e. The molecule has 0 aromatic carbocycles. The van der Waals surface area contributed by atoms with Gasteiger partial charge in [-0.3, -0.25) is 4.98 Å². The first-order valence-electron chi connectivity index (χ1n) is 7.23. The first-order chi connectivity index (χ1) is 8.83. The third kappa shape index (κ3) is 2.57. The molecule has 3 rings (SSSR count). The van der Waals surface area contributed by atoms with E-state index in [0.29, 0.717) is 12.1 Å². The molecule has 0 amide bonds. The van der Waals surface area contributed by atoms with E-state index in [9.17, 15) is 0 Å². The number of rotatable bonds is 3. The molecule has 18 heavy (non-hydrogen) atoms. The molecular weight excluding hydrogens is 222 g/mol. The lowest BCUT2D eigenvalue weighted by Crippen LogP contribution is -2.46. The fourth-order valence-electron chi connectivity index (χ4n) is 3.48. The zero-order valence-corrected chi connectivity index (χ0v) is 11.2. The summed E-state index contributed by atoms with van der Waals surface area (Å²) in [4.78, 5) is 6.76. The molecule has 0 radical (unpaired) electrons. The quantitative estimate of drug-likeness (QED) is 0.886. The fourth-order valence-corrected chi connectivity index (χ4v) is 3.48. The molecule has 1 aromatic heterocycles. The third-order valence-corrected chi connectivity index (χ3v) is 4.51. The zero-order chi connectivity index (χ0) is 12.4. The van der Waals surface area contributed by atoms with Gasteiger partial charge in [-0.15, -0.1) is 0 Å². The molecule has 3 atom stereocenters. The normalized spacial score (nSPS) is 30.1. The van der Waals surface area contributed by atoms with Crippen molar-refractivity contribution in [3.63, 3.8) is 0 Å². The van der Waals surface area contributed by atoms with Crippen molar-refractivity contribution in [2.45, 2.75) is 50.7 Å². The van der Waals surface area contributed by atoms with E-state index in [0.717, 1.165) is 6.04 Å². The number of hydrogen-bond donors (Lipinski definition) is 1. The SMILES string of the molecule is CC(NC1CCN2CCCC2C1)c1ccncc1. The molecule has 2 aliphatic heterocycles. The topological polar surface area (TPSA) is 28.2 Å². The van der Waals surface area contributed by atoms with Crippen LogP contribution in [-0.4, -0.2) is 35.1 Å². The maximum atomic E-state index is 4.08. The highest BCUT2D eigenvalue weighted by atomic mass is 15.2. The molecule has 0 bridgehead atoms. The molecule has 2 fully saturated rings. The van der Waals surface area contributed by atoms with Gasteiger partial charge in [-0.05, 0) is 63.4 Å². The highest BCUT2D eigenvalue weighted by Gasteiger charge is 2.31. The Morgan fingerprint density at radius 3 is 2.94 bits per heavy atom. The van der Waals surface area contributed by atoms with Crippen molar-refractivity contribution in [2.24, 2.45) is 0 Å². The Balaban J connectivity index is 1.57. The minimum atomic E-state index is 0.436. The molecule has 3 heteroatoms. The number of piperidine rings is 1. The molecule has 3 unspecified atom stereocenters. The third-order valence-electron chi connectivity index (χ3n) is 4.51. The van der Waals surface area contributed by atoms with Gasteiger partial charge >= 0.3 is 0 Å². The van der Waals surface area contributed by atoms with Crippen molar-refractivity contribution in [3.8, 4) is 0 Å². The van der Waals surface area contributed by atoms with Crippen LogP contribution in [0.1, 0.15) is 44.2 Å². The Kier molecular flexibility index (Phi) is 3.62. The van der Waals surface area contributed by atoms with Crippen LogP contribution < -0.4 is 5.32 Å². The number of nitrogens with one attached hydrogen (secondary N) is 1. The lowest BCUT2D eigenvalue weighted by molar-refractivity contribution is 0.162. The summed E-state index contributed by atoms with van der Waals surface area (Å²) >= 11 is 0. The van der Waals surface area contributed by atoms with E-state index in [1.54, 1.807) is 0 Å². The van der Waals surface area contributed by atoms with Gasteiger partial charge in [0, 0.05) is 30.5 Å². The Hall–Kier alpha value is -0.930. The molecule has 1 aromatic rings. The average molecular weight is 245 g/mol. The van der Waals surface area contributed by atoms with Gasteiger partial charge in [-0.1, -0.05) is 0 Å². The molecule has 1 N–H and O–H groups in total. The molecule has 0 aliphatic carbocycles. The molecular formula is C15H23N3. The Morgan fingerprint density at radius 2 is 2.11 bits per heavy atom. The van der Waals surface area contributed by atoms with Gasteiger partial charge in [0.1, 0.15) is 0 Å². The zero-order valence-electron chi connectivity index (χ0n) is 11.2. The van der Waals surface area contributed by atoms with Crippen LogP contribution >= 0.6 is 0 Å². The fraction of sp³-hybridized carbons (Fsp3) is 0.667. The predicted octanol–water partition coefficient (Wildman–Crippen LogP) is 2.36. The average Bonchev–Trinajstić information content (AvgIpc) is 2.87. The van der Waals surface area contributed by atoms with E-state index in [2.05, 4.69) is 34.3 Å². The van der Waals surface area contributed by atoms with E-state index < -0.39 is 0 Å². The van der Waals surface area contributed by atoms with Crippen LogP contribution in [0, 0.1) is 0 Å². The van der Waals surface area contributed by atoms with Gasteiger partial charge in [-0.2, -0.15) is 0 Å². The van der Waals surface area contributed by atoms with Crippen molar-refractivity contribution in [2.75, 3.05) is 13.1 Å². The predicted molar refractivity (Wildman–Crippen MR) is 73.4 cm³/mol. The van der Waals surface area contributed by atoms with Crippen LogP contribution in [0.4, 0.5) is 0 Å². The van der Waals surface area contributed by atoms with Crippen molar-refractivity contribution >= 4 is 0 Å². The summed E-state index contributed by atoms with van der Waals surface area (Å²) in [6.45, 7) is 4.87. The second kappa shape index (κ2) is 5.37. The molecule has 0 saturated carbocycles. The maximum Gasteiger partial charge on any atom is 0.0295 e. The minimum absolute atomic E-state index is 0.436. The van der Waals surface area contributed by atoms with Crippen LogP contribution in [0.2, 0.25) is 0 Å². The Labute approximate surface area is 110 Å². The Bertz CT molecular complexity index is 379. The van der Waals surface area contributed by atoms with Gasteiger partial charge in [0.15, 0.2) is 0 Å². The lowest BCUT2D eigenvalue weighted by atomic mass is 9.96. The summed E-state index contributed by atoms with van der Waals surface area (Å²) < 4.78 is 0. The van der Waals surface area contributed by atoms with Crippen LogP contribution in [0.25, 0.3) is 0 Å². The van der Waals surface area contributed by atoms with Crippen LogP contribution in [0.15, 0.2) is 24.5 Å². The number of hydrogen-bond acceptors (Lipinski definition) is 3. The van der Waals surface area contributed by atoms with E-state index in [1.807, 2.05) is 12.4 Å². The van der Waals surface area contributed by atoms with E-state index in [4.69, 9.17) is 0 Å². The molecule has 2 aliphatic rings. The highest BCUT2D eigenvalue weighted by molar-refractivity contribution is 5.14. The van der Waals surface area contributed by atoms with E-state index in [-0.39, 0.29) is 0 Å². The minimum Gasteiger partial charge on any atom is -0.307 e. The Morgan fingerprint density at radius 1 is 1.28 bits per heavy atom. The first-order valence-corrected chi connectivity index (χ1v) is 7.23. The van der Waals surface area contributed by atoms with Crippen molar-refractivity contribution in [3.05, 3.63) is 30.1 Å². The molecule has 3 nitrogen and oxygen atoms in total. The number of aromatic nitrogens is 1. The second-order valence-corrected chi connectivity index (χ2v) is 5.72. The van der Waals surface area contributed by atoms with Gasteiger partial charge in [-0.25, -0.2) is 0 Å². The standard InChI is InChI=1S/C15H23N3/c1-12(13-4-7-16-8-5-13)17-14-6-10-18-9-2-3-15(18)11-14/h4-5,7-8,12,14-15,17H,2-3,6,9-11H2,1H3. The van der Waals surface area contributed by atoms with E-state index in [1.165, 1.54) is 44.3 Å². The van der Waals surface area contributed by atoms with Crippen LogP contribution in [0.5, 0.6) is 0 Å². The molecule has 98 valence electrons. The maximum absolute atomic E-state index is 4.08. The molecule has 0 spiro atoms. The number of pyridine rings is 1. The summed E-state index contributed by atoms with van der Waals surface area (Å²) in [5, 5.41) is 3.79. The van der Waals surface area contributed by atoms with E-state index >= 15 is 0 Å². The highest BCUT2D eigenvalue weighted by Crippen LogP contribution is 2.28. The number of fused-ring (bicyclic) bond motifs is 1. The van der Waals surface area contributed by atoms with Crippen LogP contribution in [0.3, 0.4) is 0 Å². The van der Waals surface area contributed by atoms with Crippen molar-refractivity contribution in [1.29, 1.82) is 0 Å². The summed E-state index contributed by atoms with van der Waals surface area (Å²) in [7, 11) is 0. The summed E-state index contributed by atoms with van der Waals surface area (Å²) in [6.07, 6.45) is 9.20.